The largest absolute Gasteiger partial charge is 0.270 e. The minimum absolute atomic E-state index is 0.106. The minimum Gasteiger partial charge on any atom is -0.258 e. The molecule has 0 N–H and O–H groups in total. The van der Waals surface area contributed by atoms with E-state index in [1.807, 2.05) is 13.0 Å². The van der Waals surface area contributed by atoms with Gasteiger partial charge in [0, 0.05) is 29.4 Å². The van der Waals surface area contributed by atoms with Crippen LogP contribution < -0.4 is 0 Å². The first kappa shape index (κ1) is 13.0. The smallest absolute Gasteiger partial charge is 0.258 e. The van der Waals surface area contributed by atoms with Crippen LogP contribution in [0.1, 0.15) is 11.1 Å². The average Bonchev–Trinajstić information content (AvgIpc) is 2.41. The van der Waals surface area contributed by atoms with E-state index >= 15 is 0 Å². The first-order chi connectivity index (χ1) is 9.10. The summed E-state index contributed by atoms with van der Waals surface area (Å²) in [6.45, 7) is 1.88. The Bertz CT molecular complexity index is 664. The van der Waals surface area contributed by atoms with E-state index in [9.17, 15) is 10.1 Å². The number of benzene rings is 1. The van der Waals surface area contributed by atoms with Crippen LogP contribution in [0.4, 0.5) is 5.69 Å². The zero-order valence-corrected chi connectivity index (χ0v) is 10.7. The number of hydrogen-bond donors (Lipinski definition) is 0. The van der Waals surface area contributed by atoms with E-state index in [0.29, 0.717) is 10.1 Å². The van der Waals surface area contributed by atoms with Gasteiger partial charge in [-0.15, -0.1) is 0 Å². The highest BCUT2D eigenvalue weighted by molar-refractivity contribution is 7.99. The van der Waals surface area contributed by atoms with Crippen LogP contribution in [-0.2, 0) is 0 Å². The van der Waals surface area contributed by atoms with E-state index in [0.717, 1.165) is 5.56 Å². The summed E-state index contributed by atoms with van der Waals surface area (Å²) in [5, 5.41) is 20.2. The molecule has 2 aromatic rings. The molecule has 0 aliphatic heterocycles. The first-order valence-electron chi connectivity index (χ1n) is 5.25. The van der Waals surface area contributed by atoms with E-state index in [2.05, 4.69) is 9.97 Å². The molecule has 1 aromatic heterocycles. The van der Waals surface area contributed by atoms with Gasteiger partial charge in [-0.25, -0.2) is 9.97 Å². The molecule has 0 radical (unpaired) electrons. The van der Waals surface area contributed by atoms with Crippen LogP contribution in [0.3, 0.4) is 0 Å². The second kappa shape index (κ2) is 5.46. The Kier molecular flexibility index (Phi) is 3.73. The van der Waals surface area contributed by atoms with Crippen molar-refractivity contribution in [2.45, 2.75) is 17.0 Å². The molecule has 2 rings (SSSR count). The lowest BCUT2D eigenvalue weighted by Gasteiger charge is -2.02. The van der Waals surface area contributed by atoms with Gasteiger partial charge in [0.05, 0.1) is 10.5 Å². The Balaban J connectivity index is 2.33. The van der Waals surface area contributed by atoms with Gasteiger partial charge >= 0.3 is 0 Å². The van der Waals surface area contributed by atoms with Gasteiger partial charge in [0.25, 0.3) is 5.69 Å². The second-order valence-corrected chi connectivity index (χ2v) is 4.70. The first-order valence-corrected chi connectivity index (χ1v) is 6.07. The summed E-state index contributed by atoms with van der Waals surface area (Å²) >= 11 is 1.20. The van der Waals surface area contributed by atoms with Crippen LogP contribution in [-0.4, -0.2) is 14.9 Å². The highest BCUT2D eigenvalue weighted by atomic mass is 32.2. The molecule has 0 fully saturated rings. The summed E-state index contributed by atoms with van der Waals surface area (Å²) in [6, 6.07) is 6.08. The van der Waals surface area contributed by atoms with Gasteiger partial charge in [-0.3, -0.25) is 10.1 Å². The number of nitro groups is 1. The summed E-state index contributed by atoms with van der Waals surface area (Å²) in [7, 11) is 0. The summed E-state index contributed by atoms with van der Waals surface area (Å²) in [5.74, 6) is 0. The van der Waals surface area contributed by atoms with E-state index in [-0.39, 0.29) is 11.3 Å². The van der Waals surface area contributed by atoms with E-state index < -0.39 is 4.92 Å². The molecular weight excluding hydrogens is 264 g/mol. The maximum absolute atomic E-state index is 10.6. The van der Waals surface area contributed by atoms with Gasteiger partial charge in [-0.2, -0.15) is 5.26 Å². The lowest BCUT2D eigenvalue weighted by molar-refractivity contribution is -0.384. The predicted molar refractivity (Wildman–Crippen MR) is 68.7 cm³/mol. The molecule has 1 heterocycles. The fourth-order valence-corrected chi connectivity index (χ4v) is 2.10. The van der Waals surface area contributed by atoms with Crippen molar-refractivity contribution in [2.75, 3.05) is 0 Å². The number of nitrogens with zero attached hydrogens (tertiary/aromatic N) is 4. The zero-order valence-electron chi connectivity index (χ0n) is 9.90. The van der Waals surface area contributed by atoms with Crippen molar-refractivity contribution in [3.05, 3.63) is 51.8 Å². The molecule has 0 aliphatic carbocycles. The lowest BCUT2D eigenvalue weighted by atomic mass is 10.2. The van der Waals surface area contributed by atoms with Crippen LogP contribution in [0, 0.1) is 28.4 Å². The monoisotopic (exact) mass is 272 g/mol. The topological polar surface area (TPSA) is 92.7 Å². The number of aryl methyl sites for hydroxylation is 1. The molecular formula is C12H8N4O2S. The van der Waals surface area contributed by atoms with Gasteiger partial charge in [0.1, 0.15) is 6.07 Å². The van der Waals surface area contributed by atoms with Gasteiger partial charge in [-0.1, -0.05) is 0 Å². The van der Waals surface area contributed by atoms with Crippen LogP contribution >= 0.6 is 11.8 Å². The van der Waals surface area contributed by atoms with Crippen LogP contribution in [0.25, 0.3) is 0 Å². The molecule has 0 aliphatic rings. The molecule has 0 atom stereocenters. The summed E-state index contributed by atoms with van der Waals surface area (Å²) in [4.78, 5) is 18.9. The Hall–Kier alpha value is -2.46. The standard InChI is InChI=1S/C12H8N4O2S/c1-8-6-14-12(15-7-8)19-11-3-2-10(16(17)18)4-9(11)5-13/h2-4,6-7H,1H3. The highest BCUT2D eigenvalue weighted by Gasteiger charge is 2.12. The number of rotatable bonds is 3. The molecule has 0 unspecified atom stereocenters. The summed E-state index contributed by atoms with van der Waals surface area (Å²) in [5.41, 5.74) is 1.07. The van der Waals surface area contributed by atoms with Crippen molar-refractivity contribution < 1.29 is 4.92 Å². The number of non-ortho nitro benzene ring substituents is 1. The van der Waals surface area contributed by atoms with Crippen molar-refractivity contribution in [3.8, 4) is 6.07 Å². The molecule has 19 heavy (non-hydrogen) atoms. The fraction of sp³-hybridized carbons (Fsp3) is 0.0833. The predicted octanol–water partition coefficient (Wildman–Crippen LogP) is 2.72. The summed E-state index contributed by atoms with van der Waals surface area (Å²) < 4.78 is 0. The highest BCUT2D eigenvalue weighted by Crippen LogP contribution is 2.29. The molecule has 94 valence electrons. The molecule has 0 bridgehead atoms. The minimum atomic E-state index is -0.530. The number of nitriles is 1. The molecule has 0 saturated carbocycles. The molecule has 6 nitrogen and oxygen atoms in total. The number of nitro benzene ring substituents is 1. The number of aromatic nitrogens is 2. The molecule has 0 saturated heterocycles. The molecule has 1 aromatic carbocycles. The van der Waals surface area contributed by atoms with Crippen molar-refractivity contribution in [1.29, 1.82) is 5.26 Å². The third-order valence-electron chi connectivity index (χ3n) is 2.25. The number of hydrogen-bond acceptors (Lipinski definition) is 6. The van der Waals surface area contributed by atoms with Crippen LogP contribution in [0.5, 0.6) is 0 Å². The van der Waals surface area contributed by atoms with Gasteiger partial charge < -0.3 is 0 Å². The quantitative estimate of drug-likeness (QED) is 0.484. The van der Waals surface area contributed by atoms with E-state index in [1.54, 1.807) is 12.4 Å². The second-order valence-electron chi connectivity index (χ2n) is 3.69. The van der Waals surface area contributed by atoms with Gasteiger partial charge in [0.2, 0.25) is 0 Å². The van der Waals surface area contributed by atoms with Crippen molar-refractivity contribution in [1.82, 2.24) is 9.97 Å². The fourth-order valence-electron chi connectivity index (χ4n) is 1.34. The van der Waals surface area contributed by atoms with E-state index in [1.165, 1.54) is 30.0 Å². The van der Waals surface area contributed by atoms with Crippen LogP contribution in [0.2, 0.25) is 0 Å². The van der Waals surface area contributed by atoms with Crippen molar-refractivity contribution in [2.24, 2.45) is 0 Å². The Morgan fingerprint density at radius 3 is 2.63 bits per heavy atom. The molecule has 0 amide bonds. The molecule has 0 spiro atoms. The Morgan fingerprint density at radius 1 is 1.37 bits per heavy atom. The Labute approximate surface area is 113 Å². The maximum atomic E-state index is 10.6. The van der Waals surface area contributed by atoms with Crippen molar-refractivity contribution in [3.63, 3.8) is 0 Å². The zero-order chi connectivity index (χ0) is 13.8. The SMILES string of the molecule is Cc1cnc(Sc2ccc([N+](=O)[O-])cc2C#N)nc1. The normalized spacial score (nSPS) is 9.89. The van der Waals surface area contributed by atoms with E-state index in [4.69, 9.17) is 5.26 Å². The van der Waals surface area contributed by atoms with Crippen LogP contribution in [0.15, 0.2) is 40.6 Å². The Morgan fingerprint density at radius 2 is 2.05 bits per heavy atom. The summed E-state index contributed by atoms with van der Waals surface area (Å²) in [6.07, 6.45) is 3.35. The third kappa shape index (κ3) is 3.05. The van der Waals surface area contributed by atoms with Gasteiger partial charge in [-0.05, 0) is 30.3 Å². The maximum Gasteiger partial charge on any atom is 0.270 e. The average molecular weight is 272 g/mol. The third-order valence-corrected chi connectivity index (χ3v) is 3.22. The van der Waals surface area contributed by atoms with Gasteiger partial charge in [0.15, 0.2) is 5.16 Å². The molecule has 7 heteroatoms. The lowest BCUT2D eigenvalue weighted by Crippen LogP contribution is -1.91. The van der Waals surface area contributed by atoms with Crippen molar-refractivity contribution >= 4 is 17.4 Å².